The molecule has 0 bridgehead atoms. The molecule has 13 N–H and O–H groups in total. The molecule has 0 aliphatic carbocycles. The van der Waals surface area contributed by atoms with E-state index in [1.54, 1.807) is 13.8 Å². The molecule has 0 aromatic rings. The first-order valence-electron chi connectivity index (χ1n) is 10.7. The van der Waals surface area contributed by atoms with Gasteiger partial charge in [-0.3, -0.25) is 24.2 Å². The number of carboxylic acids is 1. The lowest BCUT2D eigenvalue weighted by atomic mass is 9.97. The Kier molecular flexibility index (Phi) is 13.8. The third kappa shape index (κ3) is 11.4. The summed E-state index contributed by atoms with van der Waals surface area (Å²) in [6, 6.07) is -5.23. The number of nitrogens with two attached hydrogens (primary N) is 4. The summed E-state index contributed by atoms with van der Waals surface area (Å²) < 4.78 is 0. The van der Waals surface area contributed by atoms with Crippen LogP contribution in [0.2, 0.25) is 0 Å². The van der Waals surface area contributed by atoms with Gasteiger partial charge in [-0.05, 0) is 18.8 Å². The number of amides is 4. The highest BCUT2D eigenvalue weighted by atomic mass is 16.4. The first kappa shape index (κ1) is 30.5. The Balaban J connectivity index is 5.22. The van der Waals surface area contributed by atoms with Gasteiger partial charge in [0.2, 0.25) is 23.6 Å². The molecule has 5 unspecified atom stereocenters. The van der Waals surface area contributed by atoms with Gasteiger partial charge in [0.1, 0.15) is 18.1 Å². The lowest BCUT2D eigenvalue weighted by molar-refractivity contribution is -0.144. The third-order valence-corrected chi connectivity index (χ3v) is 4.93. The maximum Gasteiger partial charge on any atom is 0.326 e. The smallest absolute Gasteiger partial charge is 0.326 e. The number of nitrogens with zero attached hydrogens (tertiary/aromatic N) is 1. The molecule has 0 aliphatic rings. The van der Waals surface area contributed by atoms with Crippen molar-refractivity contribution < 1.29 is 34.2 Å². The van der Waals surface area contributed by atoms with Crippen LogP contribution in [0, 0.1) is 5.92 Å². The average molecular weight is 489 g/mol. The molecular formula is C19H36N8O7. The number of rotatable bonds is 16. The summed E-state index contributed by atoms with van der Waals surface area (Å²) in [7, 11) is 0. The highest BCUT2D eigenvalue weighted by Crippen LogP contribution is 2.09. The van der Waals surface area contributed by atoms with Gasteiger partial charge in [-0.25, -0.2) is 4.79 Å². The molecule has 194 valence electrons. The summed E-state index contributed by atoms with van der Waals surface area (Å²) in [5.74, 6) is -5.38. The van der Waals surface area contributed by atoms with Crippen molar-refractivity contribution in [2.24, 2.45) is 33.8 Å². The van der Waals surface area contributed by atoms with Crippen LogP contribution in [0.4, 0.5) is 0 Å². The van der Waals surface area contributed by atoms with Gasteiger partial charge in [-0.15, -0.1) is 0 Å². The van der Waals surface area contributed by atoms with Crippen molar-refractivity contribution in [3.8, 4) is 0 Å². The fourth-order valence-corrected chi connectivity index (χ4v) is 2.74. The van der Waals surface area contributed by atoms with E-state index in [1.807, 2.05) is 5.32 Å². The Bertz CT molecular complexity index is 757. The molecule has 0 aromatic heterocycles. The molecule has 0 spiro atoms. The zero-order valence-corrected chi connectivity index (χ0v) is 19.3. The van der Waals surface area contributed by atoms with Crippen LogP contribution < -0.4 is 38.9 Å². The first-order chi connectivity index (χ1) is 15.8. The number of primary amides is 1. The minimum absolute atomic E-state index is 0.0849. The highest BCUT2D eigenvalue weighted by molar-refractivity contribution is 5.95. The lowest BCUT2D eigenvalue weighted by Crippen LogP contribution is -2.59. The van der Waals surface area contributed by atoms with E-state index in [0.717, 1.165) is 0 Å². The van der Waals surface area contributed by atoms with Crippen molar-refractivity contribution in [1.29, 1.82) is 0 Å². The fraction of sp³-hybridized carbons (Fsp3) is 0.684. The minimum atomic E-state index is -1.64. The van der Waals surface area contributed by atoms with Crippen LogP contribution in [0.1, 0.15) is 39.5 Å². The maximum absolute atomic E-state index is 12.8. The van der Waals surface area contributed by atoms with Gasteiger partial charge >= 0.3 is 5.97 Å². The number of carbonyl (C=O) groups is 5. The highest BCUT2D eigenvalue weighted by Gasteiger charge is 2.32. The summed E-state index contributed by atoms with van der Waals surface area (Å²) in [6.07, 6.45) is 0.471. The number of carboxylic acid groups (broad SMARTS) is 1. The first-order valence-corrected chi connectivity index (χ1v) is 10.7. The second kappa shape index (κ2) is 15.4. The van der Waals surface area contributed by atoms with Crippen molar-refractivity contribution in [3.05, 3.63) is 0 Å². The van der Waals surface area contributed by atoms with Gasteiger partial charge in [0.15, 0.2) is 5.96 Å². The molecule has 15 heteroatoms. The molecule has 0 radical (unpaired) electrons. The molecule has 0 rings (SSSR count). The molecule has 0 aromatic carbocycles. The van der Waals surface area contributed by atoms with Gasteiger partial charge in [-0.2, -0.15) is 0 Å². The van der Waals surface area contributed by atoms with E-state index < -0.39 is 66.8 Å². The monoisotopic (exact) mass is 488 g/mol. The summed E-state index contributed by atoms with van der Waals surface area (Å²) in [4.78, 5) is 63.6. The van der Waals surface area contributed by atoms with E-state index in [-0.39, 0.29) is 24.8 Å². The van der Waals surface area contributed by atoms with Crippen molar-refractivity contribution in [2.45, 2.75) is 63.7 Å². The molecule has 4 amide bonds. The van der Waals surface area contributed by atoms with E-state index in [9.17, 15) is 29.1 Å². The number of aliphatic imine (C=N–C) groups is 1. The van der Waals surface area contributed by atoms with Crippen molar-refractivity contribution in [2.75, 3.05) is 13.2 Å². The van der Waals surface area contributed by atoms with Crippen LogP contribution in [-0.2, 0) is 24.0 Å². The second-order valence-corrected chi connectivity index (χ2v) is 7.74. The van der Waals surface area contributed by atoms with Gasteiger partial charge in [0.25, 0.3) is 0 Å². The molecular weight excluding hydrogens is 452 g/mol. The summed E-state index contributed by atoms with van der Waals surface area (Å²) in [5.41, 5.74) is 21.3. The van der Waals surface area contributed by atoms with E-state index in [2.05, 4.69) is 15.6 Å². The predicted octanol–water partition coefficient (Wildman–Crippen LogP) is -4.18. The third-order valence-electron chi connectivity index (χ3n) is 4.93. The number of hydrogen-bond acceptors (Lipinski definition) is 8. The van der Waals surface area contributed by atoms with Crippen LogP contribution in [0.15, 0.2) is 4.99 Å². The van der Waals surface area contributed by atoms with Gasteiger partial charge in [0.05, 0.1) is 19.1 Å². The number of nitrogens with one attached hydrogen (secondary N) is 3. The molecule has 0 aliphatic heterocycles. The fourth-order valence-electron chi connectivity index (χ4n) is 2.74. The number of guanidine groups is 1. The lowest BCUT2D eigenvalue weighted by Gasteiger charge is -2.27. The zero-order chi connectivity index (χ0) is 26.4. The van der Waals surface area contributed by atoms with Crippen LogP contribution >= 0.6 is 0 Å². The Hall–Kier alpha value is -3.46. The Morgan fingerprint density at radius 2 is 1.53 bits per heavy atom. The van der Waals surface area contributed by atoms with Gasteiger partial charge in [0, 0.05) is 6.54 Å². The van der Waals surface area contributed by atoms with Crippen molar-refractivity contribution in [3.63, 3.8) is 0 Å². The largest absolute Gasteiger partial charge is 0.480 e. The van der Waals surface area contributed by atoms with Crippen molar-refractivity contribution >= 4 is 35.6 Å². The van der Waals surface area contributed by atoms with E-state index in [0.29, 0.717) is 12.8 Å². The summed E-state index contributed by atoms with van der Waals surface area (Å²) >= 11 is 0. The van der Waals surface area contributed by atoms with E-state index >= 15 is 0 Å². The second-order valence-electron chi connectivity index (χ2n) is 7.74. The molecule has 0 fully saturated rings. The standard InChI is InChI=1S/C19H36N8O7/c1-3-9(2)14(27-15(30)10(20)5-4-6-24-19(22)23)17(32)26-12(8-28)16(31)25-11(18(33)34)7-13(21)29/h9-12,14,28H,3-8,20H2,1-2H3,(H2,21,29)(H,25,31)(H,26,32)(H,27,30)(H,33,34)(H4,22,23,24). The Labute approximate surface area is 197 Å². The van der Waals surface area contributed by atoms with Crippen LogP contribution in [0.25, 0.3) is 0 Å². The van der Waals surface area contributed by atoms with E-state index in [4.69, 9.17) is 28.0 Å². The average Bonchev–Trinajstić information content (AvgIpc) is 2.76. The quantitative estimate of drug-likeness (QED) is 0.0573. The minimum Gasteiger partial charge on any atom is -0.480 e. The zero-order valence-electron chi connectivity index (χ0n) is 19.3. The van der Waals surface area contributed by atoms with Gasteiger partial charge in [-0.1, -0.05) is 20.3 Å². The molecule has 0 heterocycles. The van der Waals surface area contributed by atoms with Crippen LogP contribution in [0.3, 0.4) is 0 Å². The van der Waals surface area contributed by atoms with Gasteiger partial charge < -0.3 is 49.1 Å². The molecule has 15 nitrogen and oxygen atoms in total. The predicted molar refractivity (Wildman–Crippen MR) is 122 cm³/mol. The van der Waals surface area contributed by atoms with Crippen LogP contribution in [0.5, 0.6) is 0 Å². The van der Waals surface area contributed by atoms with Crippen molar-refractivity contribution in [1.82, 2.24) is 16.0 Å². The number of carbonyl (C=O) groups excluding carboxylic acids is 4. The number of hydrogen-bond donors (Lipinski definition) is 9. The SMILES string of the molecule is CCC(C)C(NC(=O)C(N)CCCN=C(N)N)C(=O)NC(CO)C(=O)NC(CC(N)=O)C(=O)O. The summed E-state index contributed by atoms with van der Waals surface area (Å²) in [5, 5.41) is 25.5. The number of aliphatic hydroxyl groups is 1. The molecule has 34 heavy (non-hydrogen) atoms. The molecule has 0 saturated heterocycles. The normalized spacial score (nSPS) is 15.1. The molecule has 5 atom stereocenters. The topological polar surface area (TPSA) is 278 Å². The molecule has 0 saturated carbocycles. The summed E-state index contributed by atoms with van der Waals surface area (Å²) in [6.45, 7) is 2.88. The van der Waals surface area contributed by atoms with E-state index in [1.165, 1.54) is 0 Å². The Morgan fingerprint density at radius 1 is 0.941 bits per heavy atom. The number of aliphatic carboxylic acids is 1. The van der Waals surface area contributed by atoms with Crippen LogP contribution in [-0.4, -0.2) is 83.1 Å². The Morgan fingerprint density at radius 3 is 2.00 bits per heavy atom. The number of aliphatic hydroxyl groups excluding tert-OH is 1. The maximum atomic E-state index is 12.8.